The maximum atomic E-state index is 10.8. The van der Waals surface area contributed by atoms with Gasteiger partial charge in [-0.25, -0.2) is 4.98 Å². The summed E-state index contributed by atoms with van der Waals surface area (Å²) in [6.45, 7) is 0.585. The lowest BCUT2D eigenvalue weighted by Gasteiger charge is -2.06. The summed E-state index contributed by atoms with van der Waals surface area (Å²) in [7, 11) is -0.807. The molecule has 1 heterocycles. The van der Waals surface area contributed by atoms with Gasteiger partial charge in [-0.3, -0.25) is 4.21 Å². The number of rotatable bonds is 4. The highest BCUT2D eigenvalue weighted by atomic mass is 35.5. The normalized spacial score (nSPS) is 12.4. The van der Waals surface area contributed by atoms with E-state index in [-0.39, 0.29) is 0 Å². The van der Waals surface area contributed by atoms with Gasteiger partial charge in [0.05, 0.1) is 10.7 Å². The molecule has 0 amide bonds. The van der Waals surface area contributed by atoms with E-state index in [1.165, 1.54) is 6.20 Å². The van der Waals surface area contributed by atoms with Crippen LogP contribution in [0.2, 0.25) is 5.02 Å². The smallest absolute Gasteiger partial charge is 0.149 e. The minimum absolute atomic E-state index is 0.499. The second-order valence-electron chi connectivity index (χ2n) is 2.80. The molecule has 0 bridgehead atoms. The summed E-state index contributed by atoms with van der Waals surface area (Å²) < 4.78 is 10.8. The van der Waals surface area contributed by atoms with Crippen molar-refractivity contribution in [3.05, 3.63) is 17.3 Å². The highest BCUT2D eigenvalue weighted by Crippen LogP contribution is 2.18. The SMILES string of the molecule is CS(=O)CCNc1ncc(Cl)cc1N. The third kappa shape index (κ3) is 3.51. The second kappa shape index (κ2) is 5.17. The van der Waals surface area contributed by atoms with Gasteiger partial charge in [0.1, 0.15) is 5.82 Å². The lowest BCUT2D eigenvalue weighted by atomic mass is 10.4. The Morgan fingerprint density at radius 2 is 2.43 bits per heavy atom. The van der Waals surface area contributed by atoms with Crippen molar-refractivity contribution in [1.29, 1.82) is 0 Å². The fraction of sp³-hybridized carbons (Fsp3) is 0.375. The molecule has 0 saturated carbocycles. The Bertz CT molecular complexity index is 345. The molecule has 0 radical (unpaired) electrons. The first-order valence-electron chi connectivity index (χ1n) is 4.04. The van der Waals surface area contributed by atoms with Crippen LogP contribution in [0, 0.1) is 0 Å². The largest absolute Gasteiger partial charge is 0.396 e. The predicted molar refractivity (Wildman–Crippen MR) is 61.1 cm³/mol. The quantitative estimate of drug-likeness (QED) is 0.818. The van der Waals surface area contributed by atoms with Crippen LogP contribution >= 0.6 is 11.6 Å². The zero-order chi connectivity index (χ0) is 10.6. The number of nitrogens with two attached hydrogens (primary N) is 1. The molecule has 4 nitrogen and oxygen atoms in total. The summed E-state index contributed by atoms with van der Waals surface area (Å²) in [5.74, 6) is 1.16. The Morgan fingerprint density at radius 3 is 3.00 bits per heavy atom. The van der Waals surface area contributed by atoms with Gasteiger partial charge in [-0.2, -0.15) is 0 Å². The third-order valence-corrected chi connectivity index (χ3v) is 2.55. The first-order valence-corrected chi connectivity index (χ1v) is 6.15. The molecular weight excluding hydrogens is 222 g/mol. The lowest BCUT2D eigenvalue weighted by molar-refractivity contribution is 0.687. The molecule has 0 aliphatic rings. The molecule has 0 spiro atoms. The molecule has 0 fully saturated rings. The van der Waals surface area contributed by atoms with E-state index in [0.29, 0.717) is 28.8 Å². The standard InChI is InChI=1S/C8H12ClN3OS/c1-14(13)3-2-11-8-7(10)4-6(9)5-12-8/h4-5H,2-3,10H2,1H3,(H,11,12). The molecule has 6 heteroatoms. The number of nitrogens with one attached hydrogen (secondary N) is 1. The minimum atomic E-state index is -0.807. The summed E-state index contributed by atoms with van der Waals surface area (Å²) in [5.41, 5.74) is 6.15. The van der Waals surface area contributed by atoms with E-state index in [2.05, 4.69) is 10.3 Å². The Balaban J connectivity index is 2.55. The zero-order valence-corrected chi connectivity index (χ0v) is 9.36. The van der Waals surface area contributed by atoms with Gasteiger partial charge in [0.15, 0.2) is 0 Å². The molecule has 1 aromatic heterocycles. The monoisotopic (exact) mass is 233 g/mol. The summed E-state index contributed by atoms with van der Waals surface area (Å²) in [6.07, 6.45) is 3.17. The number of nitrogen functional groups attached to an aromatic ring is 1. The molecule has 78 valence electrons. The zero-order valence-electron chi connectivity index (χ0n) is 7.79. The van der Waals surface area contributed by atoms with Crippen LogP contribution in [0.4, 0.5) is 11.5 Å². The number of anilines is 2. The molecule has 1 atom stereocenters. The summed E-state index contributed by atoms with van der Waals surface area (Å²) in [5, 5.41) is 3.49. The third-order valence-electron chi connectivity index (χ3n) is 1.57. The first kappa shape index (κ1) is 11.3. The number of nitrogens with zero attached hydrogens (tertiary/aromatic N) is 1. The van der Waals surface area contributed by atoms with Crippen molar-refractivity contribution in [2.75, 3.05) is 29.6 Å². The molecule has 0 aliphatic carbocycles. The Hall–Kier alpha value is -0.810. The number of halogens is 1. The molecule has 0 saturated heterocycles. The van der Waals surface area contributed by atoms with Crippen molar-refractivity contribution in [3.63, 3.8) is 0 Å². The Labute approximate surface area is 90.3 Å². The molecule has 14 heavy (non-hydrogen) atoms. The first-order chi connectivity index (χ1) is 6.59. The summed E-state index contributed by atoms with van der Waals surface area (Å²) in [6, 6.07) is 1.62. The molecule has 1 unspecified atom stereocenters. The van der Waals surface area contributed by atoms with Gasteiger partial charge in [-0.05, 0) is 6.07 Å². The fourth-order valence-corrected chi connectivity index (χ4v) is 1.47. The van der Waals surface area contributed by atoms with E-state index in [1.54, 1.807) is 12.3 Å². The number of hydrogen-bond acceptors (Lipinski definition) is 4. The highest BCUT2D eigenvalue weighted by molar-refractivity contribution is 7.84. The average Bonchev–Trinajstić information content (AvgIpc) is 2.08. The van der Waals surface area contributed by atoms with Crippen LogP contribution in [-0.2, 0) is 10.8 Å². The van der Waals surface area contributed by atoms with E-state index in [1.807, 2.05) is 0 Å². The van der Waals surface area contributed by atoms with Gasteiger partial charge in [-0.1, -0.05) is 11.6 Å². The predicted octanol–water partition coefficient (Wildman–Crippen LogP) is 1.11. The van der Waals surface area contributed by atoms with Crippen LogP contribution in [0.5, 0.6) is 0 Å². The van der Waals surface area contributed by atoms with Gasteiger partial charge in [-0.15, -0.1) is 0 Å². The van der Waals surface area contributed by atoms with Crippen LogP contribution in [0.1, 0.15) is 0 Å². The van der Waals surface area contributed by atoms with Gasteiger partial charge >= 0.3 is 0 Å². The van der Waals surface area contributed by atoms with Crippen LogP contribution in [0.25, 0.3) is 0 Å². The fourth-order valence-electron chi connectivity index (χ4n) is 0.916. The molecular formula is C8H12ClN3OS. The van der Waals surface area contributed by atoms with E-state index in [0.717, 1.165) is 0 Å². The average molecular weight is 234 g/mol. The van der Waals surface area contributed by atoms with Crippen molar-refractivity contribution in [2.45, 2.75) is 0 Å². The minimum Gasteiger partial charge on any atom is -0.396 e. The second-order valence-corrected chi connectivity index (χ2v) is 4.79. The van der Waals surface area contributed by atoms with Crippen LogP contribution in [0.15, 0.2) is 12.3 Å². The molecule has 0 aliphatic heterocycles. The molecule has 3 N–H and O–H groups in total. The Kier molecular flexibility index (Phi) is 4.16. The van der Waals surface area contributed by atoms with Crippen molar-refractivity contribution in [3.8, 4) is 0 Å². The Morgan fingerprint density at radius 1 is 1.71 bits per heavy atom. The number of hydrogen-bond donors (Lipinski definition) is 2. The number of aromatic nitrogens is 1. The summed E-state index contributed by atoms with van der Waals surface area (Å²) in [4.78, 5) is 4.01. The van der Waals surface area contributed by atoms with Crippen LogP contribution in [0.3, 0.4) is 0 Å². The van der Waals surface area contributed by atoms with E-state index < -0.39 is 10.8 Å². The molecule has 1 rings (SSSR count). The lowest BCUT2D eigenvalue weighted by Crippen LogP contribution is -2.12. The van der Waals surface area contributed by atoms with Crippen molar-refractivity contribution in [1.82, 2.24) is 4.98 Å². The van der Waals surface area contributed by atoms with E-state index in [4.69, 9.17) is 17.3 Å². The van der Waals surface area contributed by atoms with Gasteiger partial charge in [0, 0.05) is 35.5 Å². The van der Waals surface area contributed by atoms with E-state index in [9.17, 15) is 4.21 Å². The van der Waals surface area contributed by atoms with Gasteiger partial charge < -0.3 is 11.1 Å². The number of pyridine rings is 1. The van der Waals surface area contributed by atoms with Gasteiger partial charge in [0.25, 0.3) is 0 Å². The van der Waals surface area contributed by atoms with Gasteiger partial charge in [0.2, 0.25) is 0 Å². The van der Waals surface area contributed by atoms with Crippen molar-refractivity contribution in [2.24, 2.45) is 0 Å². The van der Waals surface area contributed by atoms with Crippen molar-refractivity contribution < 1.29 is 4.21 Å². The van der Waals surface area contributed by atoms with Crippen LogP contribution in [-0.4, -0.2) is 27.7 Å². The maximum absolute atomic E-state index is 10.8. The topological polar surface area (TPSA) is 68.0 Å². The van der Waals surface area contributed by atoms with Crippen LogP contribution < -0.4 is 11.1 Å². The maximum Gasteiger partial charge on any atom is 0.149 e. The van der Waals surface area contributed by atoms with Crippen molar-refractivity contribution >= 4 is 33.9 Å². The highest BCUT2D eigenvalue weighted by Gasteiger charge is 2.00. The molecule has 1 aromatic rings. The van der Waals surface area contributed by atoms with E-state index >= 15 is 0 Å². The summed E-state index contributed by atoms with van der Waals surface area (Å²) >= 11 is 5.68. The molecule has 0 aromatic carbocycles.